The minimum Gasteiger partial charge on any atom is -0.507 e. The van der Waals surface area contributed by atoms with Crippen molar-refractivity contribution in [2.24, 2.45) is 5.10 Å². The number of phenols is 1. The van der Waals surface area contributed by atoms with Gasteiger partial charge in [-0.25, -0.2) is 4.98 Å². The molecule has 2 aliphatic heterocycles. The Bertz CT molecular complexity index is 975. The lowest BCUT2D eigenvalue weighted by molar-refractivity contribution is 0.461. The summed E-state index contributed by atoms with van der Waals surface area (Å²) in [6.45, 7) is 2.21. The van der Waals surface area contributed by atoms with E-state index in [1.807, 2.05) is 24.3 Å². The highest BCUT2D eigenvalue weighted by molar-refractivity contribution is 7.22. The van der Waals surface area contributed by atoms with E-state index in [2.05, 4.69) is 26.5 Å². The SMILES string of the molecule is Oc1c(C=NNc2nc3ccccc3s2)cc2c3c1CCCN3CCC2. The van der Waals surface area contributed by atoms with Crippen LogP contribution in [-0.4, -0.2) is 29.4 Å². The van der Waals surface area contributed by atoms with Crippen LogP contribution >= 0.6 is 11.3 Å². The molecule has 2 N–H and O–H groups in total. The Balaban J connectivity index is 1.44. The van der Waals surface area contributed by atoms with Gasteiger partial charge in [-0.15, -0.1) is 0 Å². The van der Waals surface area contributed by atoms with E-state index in [4.69, 9.17) is 0 Å². The molecule has 0 spiro atoms. The van der Waals surface area contributed by atoms with Gasteiger partial charge in [0.1, 0.15) is 5.75 Å². The largest absolute Gasteiger partial charge is 0.507 e. The van der Waals surface area contributed by atoms with Crippen molar-refractivity contribution < 1.29 is 5.11 Å². The van der Waals surface area contributed by atoms with Gasteiger partial charge in [-0.05, 0) is 49.4 Å². The number of aryl methyl sites for hydroxylation is 1. The average Bonchev–Trinajstić information content (AvgIpc) is 3.08. The molecule has 0 aliphatic carbocycles. The highest BCUT2D eigenvalue weighted by Crippen LogP contribution is 2.41. The first-order valence-electron chi connectivity index (χ1n) is 9.07. The minimum absolute atomic E-state index is 0.380. The molecule has 26 heavy (non-hydrogen) atoms. The monoisotopic (exact) mass is 364 g/mol. The fourth-order valence-corrected chi connectivity index (χ4v) is 4.86. The maximum absolute atomic E-state index is 10.7. The third kappa shape index (κ3) is 2.61. The van der Waals surface area contributed by atoms with Gasteiger partial charge in [0.05, 0.1) is 16.4 Å². The molecule has 2 aliphatic rings. The zero-order valence-electron chi connectivity index (χ0n) is 14.4. The van der Waals surface area contributed by atoms with Crippen LogP contribution in [-0.2, 0) is 12.8 Å². The molecule has 5 nitrogen and oxygen atoms in total. The number of thiazole rings is 1. The van der Waals surface area contributed by atoms with E-state index in [9.17, 15) is 5.11 Å². The van der Waals surface area contributed by atoms with Crippen molar-refractivity contribution in [3.63, 3.8) is 0 Å². The molecule has 3 aromatic rings. The zero-order valence-corrected chi connectivity index (χ0v) is 15.2. The van der Waals surface area contributed by atoms with Gasteiger partial charge in [0.2, 0.25) is 5.13 Å². The van der Waals surface area contributed by atoms with Crippen LogP contribution in [0.2, 0.25) is 0 Å². The number of fused-ring (bicyclic) bond motifs is 1. The van der Waals surface area contributed by atoms with E-state index in [-0.39, 0.29) is 0 Å². The molecule has 132 valence electrons. The number of hydrogen-bond acceptors (Lipinski definition) is 6. The van der Waals surface area contributed by atoms with Crippen LogP contribution in [0, 0.1) is 0 Å². The number of aromatic hydroxyl groups is 1. The van der Waals surface area contributed by atoms with Crippen LogP contribution in [0.25, 0.3) is 10.2 Å². The number of aromatic nitrogens is 1. The zero-order chi connectivity index (χ0) is 17.5. The first kappa shape index (κ1) is 15.6. The van der Waals surface area contributed by atoms with Crippen LogP contribution in [0.5, 0.6) is 5.75 Å². The first-order valence-corrected chi connectivity index (χ1v) is 9.88. The van der Waals surface area contributed by atoms with Crippen LogP contribution in [0.15, 0.2) is 35.4 Å². The highest BCUT2D eigenvalue weighted by atomic mass is 32.1. The molecule has 0 unspecified atom stereocenters. The second-order valence-electron chi connectivity index (χ2n) is 6.85. The highest BCUT2D eigenvalue weighted by Gasteiger charge is 2.27. The topological polar surface area (TPSA) is 60.8 Å². The van der Waals surface area contributed by atoms with E-state index < -0.39 is 0 Å². The molecule has 0 amide bonds. The summed E-state index contributed by atoms with van der Waals surface area (Å²) in [4.78, 5) is 6.94. The number of rotatable bonds is 3. The Kier molecular flexibility index (Phi) is 3.78. The van der Waals surface area contributed by atoms with Crippen molar-refractivity contribution in [1.82, 2.24) is 4.98 Å². The molecular formula is C20H20N4OS. The maximum Gasteiger partial charge on any atom is 0.204 e. The van der Waals surface area contributed by atoms with E-state index in [1.54, 1.807) is 17.6 Å². The number of hydrazone groups is 1. The van der Waals surface area contributed by atoms with E-state index in [1.165, 1.54) is 17.7 Å². The average molecular weight is 364 g/mol. The second kappa shape index (κ2) is 6.29. The molecule has 0 atom stereocenters. The molecule has 3 heterocycles. The standard InChI is InChI=1S/C20H20N4OS/c25-19-14(11-13-5-3-9-24-10-4-6-15(19)18(13)24)12-21-23-20-22-16-7-1-2-8-17(16)26-20/h1-2,7-8,11-12,25H,3-6,9-10H2,(H,22,23). The fourth-order valence-electron chi connectivity index (χ4n) is 4.04. The van der Waals surface area contributed by atoms with Gasteiger partial charge in [0.15, 0.2) is 0 Å². The second-order valence-corrected chi connectivity index (χ2v) is 7.88. The fraction of sp³-hybridized carbons (Fsp3) is 0.300. The lowest BCUT2D eigenvalue weighted by Crippen LogP contribution is -2.34. The Labute approximate surface area is 156 Å². The van der Waals surface area contributed by atoms with Crippen molar-refractivity contribution in [1.29, 1.82) is 0 Å². The molecule has 6 heteroatoms. The van der Waals surface area contributed by atoms with E-state index in [0.717, 1.165) is 58.8 Å². The molecular weight excluding hydrogens is 344 g/mol. The Morgan fingerprint density at radius 2 is 2.04 bits per heavy atom. The smallest absolute Gasteiger partial charge is 0.204 e. The summed E-state index contributed by atoms with van der Waals surface area (Å²) in [5, 5.41) is 15.8. The Morgan fingerprint density at radius 1 is 1.19 bits per heavy atom. The number of hydrogen-bond donors (Lipinski definition) is 2. The summed E-state index contributed by atoms with van der Waals surface area (Å²) in [5.74, 6) is 0.380. The maximum atomic E-state index is 10.7. The summed E-state index contributed by atoms with van der Waals surface area (Å²) in [5.41, 5.74) is 8.47. The van der Waals surface area contributed by atoms with Gasteiger partial charge in [0, 0.05) is 29.9 Å². The normalized spacial score (nSPS) is 16.2. The number of anilines is 2. The molecule has 1 aromatic heterocycles. The third-order valence-corrected chi connectivity index (χ3v) is 6.12. The number of nitrogens with one attached hydrogen (secondary N) is 1. The summed E-state index contributed by atoms with van der Waals surface area (Å²) in [7, 11) is 0. The van der Waals surface area contributed by atoms with Crippen molar-refractivity contribution >= 4 is 38.6 Å². The molecule has 0 saturated heterocycles. The van der Waals surface area contributed by atoms with Crippen molar-refractivity contribution in [2.45, 2.75) is 25.7 Å². The van der Waals surface area contributed by atoms with Crippen molar-refractivity contribution in [3.05, 3.63) is 47.0 Å². The van der Waals surface area contributed by atoms with Gasteiger partial charge in [-0.3, -0.25) is 5.43 Å². The summed E-state index contributed by atoms with van der Waals surface area (Å²) < 4.78 is 1.13. The minimum atomic E-state index is 0.380. The lowest BCUT2D eigenvalue weighted by Gasteiger charge is -2.37. The number of phenolic OH excluding ortho intramolecular Hbond substituents is 1. The Hall–Kier alpha value is -2.60. The predicted molar refractivity (Wildman–Crippen MR) is 108 cm³/mol. The van der Waals surface area contributed by atoms with Gasteiger partial charge in [0.25, 0.3) is 0 Å². The number of nitrogens with zero attached hydrogens (tertiary/aromatic N) is 3. The third-order valence-electron chi connectivity index (χ3n) is 5.18. The van der Waals surface area contributed by atoms with E-state index in [0.29, 0.717) is 5.75 Å². The first-order chi connectivity index (χ1) is 12.8. The summed E-state index contributed by atoms with van der Waals surface area (Å²) in [6, 6.07) is 10.1. The van der Waals surface area contributed by atoms with Crippen LogP contribution < -0.4 is 10.3 Å². The van der Waals surface area contributed by atoms with Gasteiger partial charge < -0.3 is 10.0 Å². The molecule has 0 bridgehead atoms. The van der Waals surface area contributed by atoms with Gasteiger partial charge in [-0.2, -0.15) is 5.10 Å². The van der Waals surface area contributed by atoms with Crippen LogP contribution in [0.3, 0.4) is 0 Å². The van der Waals surface area contributed by atoms with Crippen molar-refractivity contribution in [2.75, 3.05) is 23.4 Å². The molecule has 2 aromatic carbocycles. The molecule has 0 radical (unpaired) electrons. The summed E-state index contributed by atoms with van der Waals surface area (Å²) >= 11 is 1.57. The van der Waals surface area contributed by atoms with Crippen LogP contribution in [0.4, 0.5) is 10.8 Å². The molecule has 5 rings (SSSR count). The quantitative estimate of drug-likeness (QED) is 0.541. The molecule has 0 fully saturated rings. The number of benzene rings is 2. The van der Waals surface area contributed by atoms with Crippen molar-refractivity contribution in [3.8, 4) is 5.75 Å². The lowest BCUT2D eigenvalue weighted by atomic mass is 9.89. The van der Waals surface area contributed by atoms with Gasteiger partial charge in [-0.1, -0.05) is 23.5 Å². The molecule has 0 saturated carbocycles. The van der Waals surface area contributed by atoms with E-state index >= 15 is 0 Å². The Morgan fingerprint density at radius 3 is 2.92 bits per heavy atom. The van der Waals surface area contributed by atoms with Crippen LogP contribution in [0.1, 0.15) is 29.5 Å². The van der Waals surface area contributed by atoms with Gasteiger partial charge >= 0.3 is 0 Å². The number of para-hydroxylation sites is 1. The summed E-state index contributed by atoms with van der Waals surface area (Å²) in [6.07, 6.45) is 6.01. The predicted octanol–water partition coefficient (Wildman–Crippen LogP) is 4.15.